The number of aryl methyl sites for hydroxylation is 2. The number of rotatable bonds is 5. The highest BCUT2D eigenvalue weighted by Crippen LogP contribution is 2.35. The van der Waals surface area contributed by atoms with Crippen molar-refractivity contribution in [2.75, 3.05) is 12.4 Å². The second-order valence-electron chi connectivity index (χ2n) is 6.33. The van der Waals surface area contributed by atoms with E-state index in [9.17, 15) is 4.79 Å². The summed E-state index contributed by atoms with van der Waals surface area (Å²) in [7, 11) is 0. The average molecular weight is 407 g/mol. The molecule has 0 saturated heterocycles. The molecule has 0 aliphatic heterocycles. The summed E-state index contributed by atoms with van der Waals surface area (Å²) in [5, 5.41) is 11.2. The van der Waals surface area contributed by atoms with Crippen molar-refractivity contribution in [1.29, 1.82) is 0 Å². The third kappa shape index (κ3) is 3.31. The quantitative estimate of drug-likeness (QED) is 0.386. The van der Waals surface area contributed by atoms with E-state index >= 15 is 0 Å². The van der Waals surface area contributed by atoms with Crippen molar-refractivity contribution >= 4 is 44.9 Å². The van der Waals surface area contributed by atoms with Crippen molar-refractivity contribution < 1.29 is 5.11 Å². The van der Waals surface area contributed by atoms with Gasteiger partial charge in [-0.3, -0.25) is 9.36 Å². The lowest BCUT2D eigenvalue weighted by Crippen LogP contribution is -2.22. The van der Waals surface area contributed by atoms with E-state index in [-0.39, 0.29) is 12.2 Å². The Morgan fingerprint density at radius 3 is 2.77 bits per heavy atom. The van der Waals surface area contributed by atoms with Crippen molar-refractivity contribution in [3.05, 3.63) is 50.1 Å². The highest BCUT2D eigenvalue weighted by atomic mass is 35.5. The van der Waals surface area contributed by atoms with Crippen LogP contribution >= 0.6 is 34.7 Å². The molecule has 2 heterocycles. The number of hydrogen-bond acceptors (Lipinski definition) is 5. The number of aliphatic hydroxyl groups is 1. The third-order valence-electron chi connectivity index (χ3n) is 4.58. The summed E-state index contributed by atoms with van der Waals surface area (Å²) in [4.78, 5) is 20.4. The molecule has 136 valence electrons. The Hall–Kier alpha value is -1.34. The molecule has 26 heavy (non-hydrogen) atoms. The number of benzene rings is 1. The number of hydrogen-bond donors (Lipinski definition) is 1. The highest BCUT2D eigenvalue weighted by molar-refractivity contribution is 7.99. The minimum absolute atomic E-state index is 0.00298. The van der Waals surface area contributed by atoms with Crippen molar-refractivity contribution in [3.8, 4) is 5.69 Å². The monoisotopic (exact) mass is 406 g/mol. The molecule has 7 heteroatoms. The maximum Gasteiger partial charge on any atom is 0.267 e. The Labute approximate surface area is 164 Å². The second kappa shape index (κ2) is 7.72. The Bertz CT molecular complexity index is 995. The Balaban J connectivity index is 1.93. The lowest BCUT2D eigenvalue weighted by molar-refractivity contribution is 0.296. The van der Waals surface area contributed by atoms with E-state index in [4.69, 9.17) is 21.7 Å². The number of aromatic nitrogens is 2. The molecule has 0 bridgehead atoms. The summed E-state index contributed by atoms with van der Waals surface area (Å²) in [6.07, 6.45) is 4.99. The van der Waals surface area contributed by atoms with Crippen LogP contribution in [0.3, 0.4) is 0 Å². The molecule has 2 aromatic heterocycles. The van der Waals surface area contributed by atoms with E-state index in [2.05, 4.69) is 0 Å². The van der Waals surface area contributed by atoms with Gasteiger partial charge in [-0.05, 0) is 61.9 Å². The minimum atomic E-state index is 0.00298. The minimum Gasteiger partial charge on any atom is -0.396 e. The first-order valence-corrected chi connectivity index (χ1v) is 10.9. The second-order valence-corrected chi connectivity index (χ2v) is 8.91. The Morgan fingerprint density at radius 1 is 1.23 bits per heavy atom. The summed E-state index contributed by atoms with van der Waals surface area (Å²) >= 11 is 9.20. The van der Waals surface area contributed by atoms with E-state index in [0.717, 1.165) is 35.2 Å². The fourth-order valence-corrected chi connectivity index (χ4v) is 5.69. The standard InChI is InChI=1S/C19H19ClN2O2S2/c20-12-6-8-13(9-7-12)22-18(24)16-14-4-1-2-5-15(14)26-17(16)21-19(22)25-11-3-10-23/h6-9,23H,1-5,10-11H2. The zero-order valence-electron chi connectivity index (χ0n) is 14.2. The van der Waals surface area contributed by atoms with Gasteiger partial charge < -0.3 is 5.11 Å². The van der Waals surface area contributed by atoms with Crippen molar-refractivity contribution in [1.82, 2.24) is 9.55 Å². The van der Waals surface area contributed by atoms with Gasteiger partial charge in [-0.25, -0.2) is 4.98 Å². The normalized spacial score (nSPS) is 13.9. The molecular weight excluding hydrogens is 388 g/mol. The smallest absolute Gasteiger partial charge is 0.267 e. The van der Waals surface area contributed by atoms with Gasteiger partial charge in [0.1, 0.15) is 4.83 Å². The van der Waals surface area contributed by atoms with Gasteiger partial charge in [0.15, 0.2) is 5.16 Å². The maximum atomic E-state index is 13.4. The first-order chi connectivity index (χ1) is 12.7. The van der Waals surface area contributed by atoms with Crippen LogP contribution < -0.4 is 5.56 Å². The molecule has 0 spiro atoms. The van der Waals surface area contributed by atoms with Crippen LogP contribution in [0.5, 0.6) is 0 Å². The van der Waals surface area contributed by atoms with E-state index in [1.54, 1.807) is 28.0 Å². The first-order valence-electron chi connectivity index (χ1n) is 8.76. The number of thiophene rings is 1. The molecule has 0 amide bonds. The Kier molecular flexibility index (Phi) is 5.36. The molecule has 1 N–H and O–H groups in total. The molecule has 0 fully saturated rings. The lowest BCUT2D eigenvalue weighted by Gasteiger charge is -2.13. The topological polar surface area (TPSA) is 55.1 Å². The molecule has 3 aromatic rings. The fourth-order valence-electron chi connectivity index (χ4n) is 3.33. The first kappa shape index (κ1) is 18.0. The van der Waals surface area contributed by atoms with Gasteiger partial charge in [0.25, 0.3) is 5.56 Å². The van der Waals surface area contributed by atoms with Gasteiger partial charge in [0, 0.05) is 22.3 Å². The SMILES string of the molecule is O=c1c2c3c(sc2nc(SCCCO)n1-c1ccc(Cl)cc1)CCCC3. The summed E-state index contributed by atoms with van der Waals surface area (Å²) in [6, 6.07) is 7.29. The van der Waals surface area contributed by atoms with Crippen molar-refractivity contribution in [2.24, 2.45) is 0 Å². The van der Waals surface area contributed by atoms with Crippen LogP contribution in [0.1, 0.15) is 29.7 Å². The summed E-state index contributed by atoms with van der Waals surface area (Å²) in [5.41, 5.74) is 1.97. The van der Waals surface area contributed by atoms with E-state index < -0.39 is 0 Å². The van der Waals surface area contributed by atoms with Gasteiger partial charge in [0.05, 0.1) is 11.1 Å². The molecule has 0 unspecified atom stereocenters. The van der Waals surface area contributed by atoms with Crippen molar-refractivity contribution in [3.63, 3.8) is 0 Å². The maximum absolute atomic E-state index is 13.4. The molecule has 4 nitrogen and oxygen atoms in total. The third-order valence-corrected chi connectivity index (χ3v) is 7.04. The van der Waals surface area contributed by atoms with Gasteiger partial charge >= 0.3 is 0 Å². The molecule has 1 aliphatic carbocycles. The van der Waals surface area contributed by atoms with Gasteiger partial charge in [-0.15, -0.1) is 11.3 Å². The summed E-state index contributed by atoms with van der Waals surface area (Å²) < 4.78 is 1.70. The van der Waals surface area contributed by atoms with E-state index in [0.29, 0.717) is 22.4 Å². The summed E-state index contributed by atoms with van der Waals surface area (Å²) in [6.45, 7) is 0.133. The highest BCUT2D eigenvalue weighted by Gasteiger charge is 2.22. The fraction of sp³-hybridized carbons (Fsp3) is 0.368. The van der Waals surface area contributed by atoms with Crippen LogP contribution in [0.4, 0.5) is 0 Å². The van der Waals surface area contributed by atoms with Gasteiger partial charge in [-0.1, -0.05) is 23.4 Å². The molecular formula is C19H19ClN2O2S2. The predicted molar refractivity (Wildman–Crippen MR) is 109 cm³/mol. The largest absolute Gasteiger partial charge is 0.396 e. The van der Waals surface area contributed by atoms with E-state index in [1.165, 1.54) is 28.6 Å². The predicted octanol–water partition coefficient (Wildman–Crippen LogP) is 4.45. The molecule has 1 aliphatic rings. The average Bonchev–Trinajstić information content (AvgIpc) is 3.02. The Morgan fingerprint density at radius 2 is 2.00 bits per heavy atom. The molecule has 0 saturated carbocycles. The molecule has 0 atom stereocenters. The van der Waals surface area contributed by atoms with Crippen LogP contribution in [0.2, 0.25) is 5.02 Å². The van der Waals surface area contributed by atoms with Gasteiger partial charge in [-0.2, -0.15) is 0 Å². The van der Waals surface area contributed by atoms with Crippen LogP contribution in [-0.2, 0) is 12.8 Å². The molecule has 4 rings (SSSR count). The zero-order valence-corrected chi connectivity index (χ0v) is 16.6. The van der Waals surface area contributed by atoms with Crippen LogP contribution in [-0.4, -0.2) is 27.0 Å². The van der Waals surface area contributed by atoms with Crippen LogP contribution in [0.25, 0.3) is 15.9 Å². The molecule has 0 radical (unpaired) electrons. The zero-order chi connectivity index (χ0) is 18.1. The van der Waals surface area contributed by atoms with Crippen molar-refractivity contribution in [2.45, 2.75) is 37.3 Å². The van der Waals surface area contributed by atoms with Crippen LogP contribution in [0.15, 0.2) is 34.2 Å². The number of halogens is 1. The summed E-state index contributed by atoms with van der Waals surface area (Å²) in [5.74, 6) is 0.715. The number of fused-ring (bicyclic) bond motifs is 3. The molecule has 1 aromatic carbocycles. The van der Waals surface area contributed by atoms with E-state index in [1.807, 2.05) is 12.1 Å². The lowest BCUT2D eigenvalue weighted by atomic mass is 9.97. The number of nitrogens with zero attached hydrogens (tertiary/aromatic N) is 2. The van der Waals surface area contributed by atoms with Gasteiger partial charge in [0.2, 0.25) is 0 Å². The van der Waals surface area contributed by atoms with Crippen LogP contribution in [0, 0.1) is 0 Å². The number of aliphatic hydroxyl groups excluding tert-OH is 1. The number of thioether (sulfide) groups is 1.